The molecule has 1 amide bonds. The first-order chi connectivity index (χ1) is 9.16. The lowest BCUT2D eigenvalue weighted by atomic mass is 10.2. The van der Waals surface area contributed by atoms with Gasteiger partial charge in [-0.05, 0) is 25.0 Å². The van der Waals surface area contributed by atoms with E-state index in [9.17, 15) is 9.59 Å². The van der Waals surface area contributed by atoms with Gasteiger partial charge >= 0.3 is 0 Å². The number of fused-ring (bicyclic) bond motifs is 1. The summed E-state index contributed by atoms with van der Waals surface area (Å²) in [5, 5.41) is 0. The third-order valence-electron chi connectivity index (χ3n) is 3.41. The van der Waals surface area contributed by atoms with Crippen LogP contribution in [-0.4, -0.2) is 29.0 Å². The molecule has 0 spiro atoms. The van der Waals surface area contributed by atoms with Gasteiger partial charge < -0.3 is 15.6 Å². The maximum absolute atomic E-state index is 12.1. The molecule has 3 heterocycles. The average Bonchev–Trinajstić information content (AvgIpc) is 2.92. The molecule has 3 N–H and O–H groups in total. The maximum Gasteiger partial charge on any atom is 0.254 e. The first kappa shape index (κ1) is 11.7. The van der Waals surface area contributed by atoms with Crippen LogP contribution >= 0.6 is 0 Å². The van der Waals surface area contributed by atoms with Crippen LogP contribution in [-0.2, 0) is 0 Å². The van der Waals surface area contributed by atoms with Crippen molar-refractivity contribution in [1.29, 1.82) is 0 Å². The molecule has 19 heavy (non-hydrogen) atoms. The summed E-state index contributed by atoms with van der Waals surface area (Å²) in [7, 11) is 0. The molecule has 98 valence electrons. The highest BCUT2D eigenvalue weighted by Gasteiger charge is 2.16. The minimum Gasteiger partial charge on any atom is -0.365 e. The van der Waals surface area contributed by atoms with E-state index in [1.165, 1.54) is 6.20 Å². The maximum atomic E-state index is 12.1. The van der Waals surface area contributed by atoms with E-state index in [4.69, 9.17) is 5.73 Å². The molecule has 0 aromatic carbocycles. The zero-order valence-electron chi connectivity index (χ0n) is 10.3. The number of nitrogens with zero attached hydrogens (tertiary/aromatic N) is 2. The molecule has 1 aliphatic rings. The molecule has 3 rings (SSSR count). The Morgan fingerprint density at radius 2 is 2.05 bits per heavy atom. The van der Waals surface area contributed by atoms with E-state index >= 15 is 0 Å². The number of pyridine rings is 2. The molecular formula is C13H14N4O2. The Morgan fingerprint density at radius 3 is 2.74 bits per heavy atom. The van der Waals surface area contributed by atoms with Crippen molar-refractivity contribution < 1.29 is 4.79 Å². The van der Waals surface area contributed by atoms with E-state index in [-0.39, 0.29) is 11.1 Å². The van der Waals surface area contributed by atoms with E-state index in [0.717, 1.165) is 31.7 Å². The number of aromatic nitrogens is 2. The average molecular weight is 258 g/mol. The number of H-pyrrole nitrogens is 1. The number of nitrogens with two attached hydrogens (primary N) is 1. The number of aromatic amines is 1. The van der Waals surface area contributed by atoms with Gasteiger partial charge in [0.2, 0.25) is 5.43 Å². The third kappa shape index (κ3) is 1.95. The van der Waals surface area contributed by atoms with Crippen molar-refractivity contribution in [3.8, 4) is 0 Å². The second-order valence-corrected chi connectivity index (χ2v) is 4.66. The Morgan fingerprint density at radius 1 is 1.32 bits per heavy atom. The Bertz CT molecular complexity index is 701. The van der Waals surface area contributed by atoms with E-state index in [0.29, 0.717) is 5.52 Å². The largest absolute Gasteiger partial charge is 0.365 e. The highest BCUT2D eigenvalue weighted by molar-refractivity contribution is 5.95. The van der Waals surface area contributed by atoms with Gasteiger partial charge in [0.05, 0.1) is 5.52 Å². The van der Waals surface area contributed by atoms with Gasteiger partial charge in [-0.2, -0.15) is 0 Å². The lowest BCUT2D eigenvalue weighted by Gasteiger charge is -2.16. The molecular weight excluding hydrogens is 244 g/mol. The summed E-state index contributed by atoms with van der Waals surface area (Å²) >= 11 is 0. The molecule has 0 saturated carbocycles. The lowest BCUT2D eigenvalue weighted by Crippen LogP contribution is -2.24. The van der Waals surface area contributed by atoms with Crippen LogP contribution < -0.4 is 16.1 Å². The van der Waals surface area contributed by atoms with Gasteiger partial charge in [-0.3, -0.25) is 9.59 Å². The minimum absolute atomic E-state index is 0.0569. The van der Waals surface area contributed by atoms with E-state index < -0.39 is 11.3 Å². The van der Waals surface area contributed by atoms with E-state index in [1.807, 2.05) is 12.1 Å². The zero-order valence-corrected chi connectivity index (χ0v) is 10.3. The van der Waals surface area contributed by atoms with Crippen molar-refractivity contribution in [3.63, 3.8) is 0 Å². The normalized spacial score (nSPS) is 15.1. The number of anilines is 1. The molecule has 0 aliphatic carbocycles. The van der Waals surface area contributed by atoms with Crippen LogP contribution in [0.4, 0.5) is 5.82 Å². The molecule has 6 nitrogen and oxygen atoms in total. The van der Waals surface area contributed by atoms with Crippen LogP contribution in [0.5, 0.6) is 0 Å². The summed E-state index contributed by atoms with van der Waals surface area (Å²) < 4.78 is 0. The molecule has 2 aromatic rings. The number of primary amides is 1. The summed E-state index contributed by atoms with van der Waals surface area (Å²) in [4.78, 5) is 32.7. The zero-order chi connectivity index (χ0) is 13.4. The Kier molecular flexibility index (Phi) is 2.70. The summed E-state index contributed by atoms with van der Waals surface area (Å²) in [5.74, 6) is 0.0358. The standard InChI is InChI=1S/C13H14N4O2/c14-13(19)8-7-15-9-3-4-10(16-11(9)12(8)18)17-5-1-2-6-17/h3-4,7H,1-2,5-6H2,(H2,14,19)(H,15,18). The number of nitrogens with one attached hydrogen (secondary N) is 1. The van der Waals surface area contributed by atoms with Gasteiger partial charge in [-0.1, -0.05) is 0 Å². The quantitative estimate of drug-likeness (QED) is 0.826. The number of carbonyl (C=O) groups excluding carboxylic acids is 1. The summed E-state index contributed by atoms with van der Waals surface area (Å²) in [5.41, 5.74) is 5.57. The van der Waals surface area contributed by atoms with Crippen molar-refractivity contribution in [2.75, 3.05) is 18.0 Å². The Balaban J connectivity index is 2.17. The fourth-order valence-corrected chi connectivity index (χ4v) is 2.39. The van der Waals surface area contributed by atoms with Gasteiger partial charge in [0, 0.05) is 19.3 Å². The third-order valence-corrected chi connectivity index (χ3v) is 3.41. The molecule has 1 aliphatic heterocycles. The van der Waals surface area contributed by atoms with Crippen molar-refractivity contribution in [2.45, 2.75) is 12.8 Å². The number of hydrogen-bond donors (Lipinski definition) is 2. The molecule has 0 unspecified atom stereocenters. The summed E-state index contributed by atoms with van der Waals surface area (Å²) in [6.07, 6.45) is 3.61. The summed E-state index contributed by atoms with van der Waals surface area (Å²) in [6, 6.07) is 3.69. The predicted molar refractivity (Wildman–Crippen MR) is 72.3 cm³/mol. The van der Waals surface area contributed by atoms with Gasteiger partial charge in [0.15, 0.2) is 0 Å². The van der Waals surface area contributed by atoms with Crippen molar-refractivity contribution in [2.24, 2.45) is 5.73 Å². The number of rotatable bonds is 2. The number of hydrogen-bond acceptors (Lipinski definition) is 4. The molecule has 6 heteroatoms. The Labute approximate surface area is 109 Å². The number of amides is 1. The second-order valence-electron chi connectivity index (χ2n) is 4.66. The monoisotopic (exact) mass is 258 g/mol. The van der Waals surface area contributed by atoms with Crippen LogP contribution in [0.15, 0.2) is 23.1 Å². The molecule has 1 fully saturated rings. The SMILES string of the molecule is NC(=O)c1c[nH]c2ccc(N3CCCC3)nc2c1=O. The number of carbonyl (C=O) groups is 1. The fraction of sp³-hybridized carbons (Fsp3) is 0.308. The van der Waals surface area contributed by atoms with Gasteiger partial charge in [0.1, 0.15) is 16.9 Å². The molecule has 0 bridgehead atoms. The lowest BCUT2D eigenvalue weighted by molar-refractivity contribution is 0.0999. The van der Waals surface area contributed by atoms with Crippen LogP contribution in [0.25, 0.3) is 11.0 Å². The van der Waals surface area contributed by atoms with Gasteiger partial charge in [-0.25, -0.2) is 4.98 Å². The minimum atomic E-state index is -0.739. The van der Waals surface area contributed by atoms with Crippen LogP contribution in [0.3, 0.4) is 0 Å². The molecule has 0 atom stereocenters. The molecule has 1 saturated heterocycles. The predicted octanol–water partition coefficient (Wildman–Crippen LogP) is 0.622. The molecule has 2 aromatic heterocycles. The van der Waals surface area contributed by atoms with E-state index in [2.05, 4.69) is 14.9 Å². The van der Waals surface area contributed by atoms with Crippen LogP contribution in [0.1, 0.15) is 23.2 Å². The van der Waals surface area contributed by atoms with Crippen LogP contribution in [0, 0.1) is 0 Å². The van der Waals surface area contributed by atoms with Gasteiger partial charge in [-0.15, -0.1) is 0 Å². The van der Waals surface area contributed by atoms with Gasteiger partial charge in [0.25, 0.3) is 5.91 Å². The van der Waals surface area contributed by atoms with Crippen molar-refractivity contribution >= 4 is 22.8 Å². The first-order valence-electron chi connectivity index (χ1n) is 6.24. The van der Waals surface area contributed by atoms with Crippen LogP contribution in [0.2, 0.25) is 0 Å². The fourth-order valence-electron chi connectivity index (χ4n) is 2.39. The van der Waals surface area contributed by atoms with Crippen molar-refractivity contribution in [1.82, 2.24) is 9.97 Å². The first-order valence-corrected chi connectivity index (χ1v) is 6.24. The smallest absolute Gasteiger partial charge is 0.254 e. The second kappa shape index (κ2) is 4.38. The highest BCUT2D eigenvalue weighted by atomic mass is 16.2. The Hall–Kier alpha value is -2.37. The van der Waals surface area contributed by atoms with E-state index in [1.54, 1.807) is 0 Å². The molecule has 0 radical (unpaired) electrons. The summed E-state index contributed by atoms with van der Waals surface area (Å²) in [6.45, 7) is 1.90. The topological polar surface area (TPSA) is 92.1 Å². The highest BCUT2D eigenvalue weighted by Crippen LogP contribution is 2.19. The van der Waals surface area contributed by atoms with Crippen molar-refractivity contribution in [3.05, 3.63) is 34.1 Å².